The normalized spacial score (nSPS) is 11.3. The first-order valence-corrected chi connectivity index (χ1v) is 6.55. The lowest BCUT2D eigenvalue weighted by atomic mass is 10.2. The molecule has 0 spiro atoms. The monoisotopic (exact) mass is 273 g/mol. The van der Waals surface area contributed by atoms with Crippen molar-refractivity contribution in [1.82, 2.24) is 14.7 Å². The molecule has 86 valence electrons. The molecule has 1 heterocycles. The highest BCUT2D eigenvalue weighted by Crippen LogP contribution is 2.14. The van der Waals surface area contributed by atoms with E-state index in [2.05, 4.69) is 51.6 Å². The standard InChI is InChI=1S/C11H20BrN3/c1-4-5-11-10(8-12)9-13-15(11)7-6-14(2)3/h9H,4-8H2,1-3H3. The van der Waals surface area contributed by atoms with Crippen LogP contribution in [0.3, 0.4) is 0 Å². The molecule has 0 saturated heterocycles. The Kier molecular flexibility index (Phi) is 5.32. The molecule has 15 heavy (non-hydrogen) atoms. The molecule has 1 aromatic rings. The zero-order valence-corrected chi connectivity index (χ0v) is 11.4. The Morgan fingerprint density at radius 2 is 2.20 bits per heavy atom. The van der Waals surface area contributed by atoms with Crippen molar-refractivity contribution in [1.29, 1.82) is 0 Å². The highest BCUT2D eigenvalue weighted by atomic mass is 79.9. The molecule has 4 heteroatoms. The van der Waals surface area contributed by atoms with Gasteiger partial charge in [0.2, 0.25) is 0 Å². The Hall–Kier alpha value is -0.350. The number of likely N-dealkylation sites (N-methyl/N-ethyl adjacent to an activating group) is 1. The topological polar surface area (TPSA) is 21.1 Å². The first kappa shape index (κ1) is 12.7. The molecule has 0 N–H and O–H groups in total. The molecule has 0 fully saturated rings. The van der Waals surface area contributed by atoms with E-state index in [0.29, 0.717) is 0 Å². The minimum absolute atomic E-state index is 0.907. The van der Waals surface area contributed by atoms with Crippen LogP contribution in [-0.2, 0) is 18.3 Å². The highest BCUT2D eigenvalue weighted by Gasteiger charge is 2.08. The van der Waals surface area contributed by atoms with Gasteiger partial charge >= 0.3 is 0 Å². The second-order valence-corrected chi connectivity index (χ2v) is 4.59. The maximum absolute atomic E-state index is 4.44. The predicted octanol–water partition coefficient (Wildman–Crippen LogP) is 2.29. The van der Waals surface area contributed by atoms with Gasteiger partial charge in [0.15, 0.2) is 0 Å². The van der Waals surface area contributed by atoms with Gasteiger partial charge < -0.3 is 4.90 Å². The Labute approximate surface area is 101 Å². The van der Waals surface area contributed by atoms with E-state index in [1.807, 2.05) is 6.20 Å². The third-order valence-electron chi connectivity index (χ3n) is 2.42. The van der Waals surface area contributed by atoms with Crippen LogP contribution in [0, 0.1) is 0 Å². The van der Waals surface area contributed by atoms with Crippen LogP contribution in [0.4, 0.5) is 0 Å². The first-order valence-electron chi connectivity index (χ1n) is 5.43. The maximum Gasteiger partial charge on any atom is 0.0539 e. The van der Waals surface area contributed by atoms with Gasteiger partial charge in [0.05, 0.1) is 12.7 Å². The molecule has 0 aliphatic rings. The summed E-state index contributed by atoms with van der Waals surface area (Å²) in [6, 6.07) is 0. The number of hydrogen-bond donors (Lipinski definition) is 0. The molecule has 0 aromatic carbocycles. The minimum Gasteiger partial charge on any atom is -0.308 e. The third kappa shape index (κ3) is 3.61. The summed E-state index contributed by atoms with van der Waals surface area (Å²) < 4.78 is 2.14. The van der Waals surface area contributed by atoms with Crippen molar-refractivity contribution >= 4 is 15.9 Å². The summed E-state index contributed by atoms with van der Waals surface area (Å²) in [5.74, 6) is 0. The predicted molar refractivity (Wildman–Crippen MR) is 67.4 cm³/mol. The van der Waals surface area contributed by atoms with E-state index in [0.717, 1.165) is 24.8 Å². The smallest absolute Gasteiger partial charge is 0.0539 e. The quantitative estimate of drug-likeness (QED) is 0.742. The van der Waals surface area contributed by atoms with Crippen LogP contribution in [0.5, 0.6) is 0 Å². The minimum atomic E-state index is 0.907. The van der Waals surface area contributed by atoms with Gasteiger partial charge in [-0.15, -0.1) is 0 Å². The largest absolute Gasteiger partial charge is 0.308 e. The molecule has 0 saturated carbocycles. The summed E-state index contributed by atoms with van der Waals surface area (Å²) in [7, 11) is 4.18. The molecule has 0 atom stereocenters. The highest BCUT2D eigenvalue weighted by molar-refractivity contribution is 9.08. The zero-order chi connectivity index (χ0) is 11.3. The fraction of sp³-hybridized carbons (Fsp3) is 0.727. The second-order valence-electron chi connectivity index (χ2n) is 4.03. The van der Waals surface area contributed by atoms with Gasteiger partial charge in [0, 0.05) is 23.1 Å². The van der Waals surface area contributed by atoms with Crippen molar-refractivity contribution in [3.05, 3.63) is 17.5 Å². The van der Waals surface area contributed by atoms with Gasteiger partial charge in [0.25, 0.3) is 0 Å². The number of rotatable bonds is 6. The van der Waals surface area contributed by atoms with Crippen molar-refractivity contribution in [2.45, 2.75) is 31.6 Å². The van der Waals surface area contributed by atoms with Crippen LogP contribution in [0.25, 0.3) is 0 Å². The number of halogens is 1. The first-order chi connectivity index (χ1) is 7.19. The maximum atomic E-state index is 4.44. The van der Waals surface area contributed by atoms with Crippen LogP contribution >= 0.6 is 15.9 Å². The summed E-state index contributed by atoms with van der Waals surface area (Å²) in [4.78, 5) is 2.19. The van der Waals surface area contributed by atoms with E-state index in [-0.39, 0.29) is 0 Å². The van der Waals surface area contributed by atoms with Crippen LogP contribution in [0.2, 0.25) is 0 Å². The van der Waals surface area contributed by atoms with E-state index < -0.39 is 0 Å². The Balaban J connectivity index is 2.72. The molecule has 3 nitrogen and oxygen atoms in total. The lowest BCUT2D eigenvalue weighted by molar-refractivity contribution is 0.369. The average molecular weight is 274 g/mol. The Morgan fingerprint density at radius 3 is 2.73 bits per heavy atom. The van der Waals surface area contributed by atoms with Crippen LogP contribution < -0.4 is 0 Å². The lowest BCUT2D eigenvalue weighted by Gasteiger charge is -2.12. The molecule has 0 aliphatic carbocycles. The van der Waals surface area contributed by atoms with Crippen molar-refractivity contribution in [2.24, 2.45) is 0 Å². The van der Waals surface area contributed by atoms with E-state index in [1.54, 1.807) is 0 Å². The van der Waals surface area contributed by atoms with E-state index in [4.69, 9.17) is 0 Å². The molecule has 1 rings (SSSR count). The number of hydrogen-bond acceptors (Lipinski definition) is 2. The Bertz CT molecular complexity index is 294. The molecule has 0 bridgehead atoms. The number of nitrogens with zero attached hydrogens (tertiary/aromatic N) is 3. The van der Waals surface area contributed by atoms with Crippen molar-refractivity contribution < 1.29 is 0 Å². The summed E-state index contributed by atoms with van der Waals surface area (Å²) in [5, 5.41) is 5.34. The third-order valence-corrected chi connectivity index (χ3v) is 3.03. The van der Waals surface area contributed by atoms with Gasteiger partial charge in [-0.05, 0) is 20.5 Å². The van der Waals surface area contributed by atoms with E-state index in [9.17, 15) is 0 Å². The van der Waals surface area contributed by atoms with Gasteiger partial charge in [-0.3, -0.25) is 4.68 Å². The molecule has 0 radical (unpaired) electrons. The Morgan fingerprint density at radius 1 is 1.47 bits per heavy atom. The fourth-order valence-electron chi connectivity index (χ4n) is 1.57. The molecular formula is C11H20BrN3. The number of aromatic nitrogens is 2. The van der Waals surface area contributed by atoms with Crippen LogP contribution in [-0.4, -0.2) is 35.3 Å². The average Bonchev–Trinajstić information content (AvgIpc) is 2.58. The van der Waals surface area contributed by atoms with Gasteiger partial charge in [-0.2, -0.15) is 5.10 Å². The van der Waals surface area contributed by atoms with Crippen molar-refractivity contribution in [2.75, 3.05) is 20.6 Å². The van der Waals surface area contributed by atoms with Crippen LogP contribution in [0.1, 0.15) is 24.6 Å². The zero-order valence-electron chi connectivity index (χ0n) is 9.83. The van der Waals surface area contributed by atoms with E-state index >= 15 is 0 Å². The van der Waals surface area contributed by atoms with Crippen molar-refractivity contribution in [3.8, 4) is 0 Å². The SMILES string of the molecule is CCCc1c(CBr)cnn1CCN(C)C. The molecule has 0 amide bonds. The second kappa shape index (κ2) is 6.28. The van der Waals surface area contributed by atoms with Crippen LogP contribution in [0.15, 0.2) is 6.20 Å². The molecule has 1 aromatic heterocycles. The van der Waals surface area contributed by atoms with Gasteiger partial charge in [-0.1, -0.05) is 29.3 Å². The lowest BCUT2D eigenvalue weighted by Crippen LogP contribution is -2.20. The molecular weight excluding hydrogens is 254 g/mol. The van der Waals surface area contributed by atoms with E-state index in [1.165, 1.54) is 17.7 Å². The number of alkyl halides is 1. The molecule has 0 aliphatic heterocycles. The van der Waals surface area contributed by atoms with Gasteiger partial charge in [-0.25, -0.2) is 0 Å². The van der Waals surface area contributed by atoms with Gasteiger partial charge in [0.1, 0.15) is 0 Å². The fourth-order valence-corrected chi connectivity index (χ4v) is 2.04. The summed E-state index contributed by atoms with van der Waals surface area (Å²) in [5.41, 5.74) is 2.71. The van der Waals surface area contributed by atoms with Crippen molar-refractivity contribution in [3.63, 3.8) is 0 Å². The molecule has 0 unspecified atom stereocenters. The summed E-state index contributed by atoms with van der Waals surface area (Å²) in [6.07, 6.45) is 4.28. The summed E-state index contributed by atoms with van der Waals surface area (Å²) in [6.45, 7) is 4.23. The summed E-state index contributed by atoms with van der Waals surface area (Å²) >= 11 is 3.51.